The zero-order valence-corrected chi connectivity index (χ0v) is 18.2. The van der Waals surface area contributed by atoms with Gasteiger partial charge in [0.25, 0.3) is 0 Å². The maximum Gasteiger partial charge on any atom is 0.226 e. The van der Waals surface area contributed by atoms with Gasteiger partial charge in [0.2, 0.25) is 15.9 Å². The molecule has 2 fully saturated rings. The number of carbonyl (C=O) groups is 1. The Balaban J connectivity index is 1.47. The van der Waals surface area contributed by atoms with E-state index in [4.69, 9.17) is 0 Å². The van der Waals surface area contributed by atoms with Crippen molar-refractivity contribution in [1.29, 1.82) is 0 Å². The Bertz CT molecular complexity index is 1090. The van der Waals surface area contributed by atoms with Crippen molar-refractivity contribution in [3.05, 3.63) is 59.7 Å². The first kappa shape index (κ1) is 21.9. The molecule has 0 radical (unpaired) electrons. The van der Waals surface area contributed by atoms with Gasteiger partial charge in [0.15, 0.2) is 11.6 Å². The number of carbonyl (C=O) groups excluding carboxylic acids is 1. The molecule has 1 saturated carbocycles. The molecule has 3 unspecified atom stereocenters. The highest BCUT2D eigenvalue weighted by Crippen LogP contribution is 2.51. The summed E-state index contributed by atoms with van der Waals surface area (Å²) in [6.07, 6.45) is 3.85. The van der Waals surface area contributed by atoms with Crippen LogP contribution in [0.3, 0.4) is 0 Å². The number of sulfonamides is 1. The van der Waals surface area contributed by atoms with Crippen molar-refractivity contribution in [2.24, 2.45) is 5.92 Å². The van der Waals surface area contributed by atoms with Crippen molar-refractivity contribution >= 4 is 15.9 Å². The Kier molecular flexibility index (Phi) is 6.12. The van der Waals surface area contributed by atoms with E-state index in [9.17, 15) is 22.0 Å². The third kappa shape index (κ3) is 4.96. The van der Waals surface area contributed by atoms with E-state index in [0.717, 1.165) is 24.3 Å². The molecule has 2 aliphatic rings. The maximum atomic E-state index is 14.4. The fraction of sp³-hybridized carbons (Fsp3) is 0.435. The van der Waals surface area contributed by atoms with E-state index in [0.29, 0.717) is 37.9 Å². The second-order valence-corrected chi connectivity index (χ2v) is 10.3. The maximum absolute atomic E-state index is 14.4. The van der Waals surface area contributed by atoms with Crippen LogP contribution in [0.4, 0.5) is 8.78 Å². The molecule has 1 N–H and O–H groups in total. The van der Waals surface area contributed by atoms with Crippen LogP contribution in [-0.4, -0.2) is 44.6 Å². The minimum absolute atomic E-state index is 0.0282. The SMILES string of the molecule is CS(=O)(=O)NC1CCCN(C(=O)C2CC2c2ccccc2-c2cccc(F)c2F)CC1. The van der Waals surface area contributed by atoms with Crippen molar-refractivity contribution in [3.63, 3.8) is 0 Å². The summed E-state index contributed by atoms with van der Waals surface area (Å²) in [5.41, 5.74) is 1.68. The second-order valence-electron chi connectivity index (χ2n) is 8.48. The van der Waals surface area contributed by atoms with Gasteiger partial charge in [-0.2, -0.15) is 0 Å². The third-order valence-corrected chi connectivity index (χ3v) is 6.89. The van der Waals surface area contributed by atoms with Crippen LogP contribution >= 0.6 is 0 Å². The predicted molar refractivity (Wildman–Crippen MR) is 115 cm³/mol. The highest BCUT2D eigenvalue weighted by molar-refractivity contribution is 7.88. The van der Waals surface area contributed by atoms with E-state index >= 15 is 0 Å². The van der Waals surface area contributed by atoms with Gasteiger partial charge in [-0.25, -0.2) is 21.9 Å². The van der Waals surface area contributed by atoms with Crippen LogP contribution in [0.5, 0.6) is 0 Å². The summed E-state index contributed by atoms with van der Waals surface area (Å²) in [6, 6.07) is 11.3. The Morgan fingerprint density at radius 1 is 1.03 bits per heavy atom. The van der Waals surface area contributed by atoms with Crippen LogP contribution in [0.2, 0.25) is 0 Å². The van der Waals surface area contributed by atoms with Gasteiger partial charge in [-0.1, -0.05) is 36.4 Å². The van der Waals surface area contributed by atoms with Gasteiger partial charge in [0.1, 0.15) is 0 Å². The van der Waals surface area contributed by atoms with Crippen molar-refractivity contribution in [3.8, 4) is 11.1 Å². The topological polar surface area (TPSA) is 66.5 Å². The lowest BCUT2D eigenvalue weighted by atomic mass is 9.95. The molecule has 1 saturated heterocycles. The Labute approximate surface area is 181 Å². The summed E-state index contributed by atoms with van der Waals surface area (Å²) in [4.78, 5) is 14.9. The van der Waals surface area contributed by atoms with E-state index < -0.39 is 21.7 Å². The van der Waals surface area contributed by atoms with E-state index in [2.05, 4.69) is 4.72 Å². The number of rotatable bonds is 5. The fourth-order valence-corrected chi connectivity index (χ4v) is 5.40. The minimum atomic E-state index is -3.28. The molecule has 0 spiro atoms. The van der Waals surface area contributed by atoms with Crippen LogP contribution in [0.15, 0.2) is 42.5 Å². The van der Waals surface area contributed by atoms with Crippen molar-refractivity contribution in [1.82, 2.24) is 9.62 Å². The van der Waals surface area contributed by atoms with E-state index in [1.165, 1.54) is 6.07 Å². The van der Waals surface area contributed by atoms with Gasteiger partial charge in [0, 0.05) is 30.6 Å². The van der Waals surface area contributed by atoms with Crippen molar-refractivity contribution in [2.75, 3.05) is 19.3 Å². The molecule has 31 heavy (non-hydrogen) atoms. The summed E-state index contributed by atoms with van der Waals surface area (Å²) in [7, 11) is -3.28. The zero-order valence-electron chi connectivity index (χ0n) is 17.4. The van der Waals surface area contributed by atoms with Crippen LogP contribution in [0, 0.1) is 17.6 Å². The first-order chi connectivity index (χ1) is 14.7. The molecule has 1 amide bonds. The highest BCUT2D eigenvalue weighted by Gasteiger charge is 2.46. The van der Waals surface area contributed by atoms with Crippen LogP contribution in [-0.2, 0) is 14.8 Å². The molecule has 3 atom stereocenters. The summed E-state index contributed by atoms with van der Waals surface area (Å²) >= 11 is 0. The summed E-state index contributed by atoms with van der Waals surface area (Å²) in [6.45, 7) is 1.11. The number of likely N-dealkylation sites (tertiary alicyclic amines) is 1. The molecular weight excluding hydrogens is 422 g/mol. The largest absolute Gasteiger partial charge is 0.342 e. The molecule has 1 aliphatic carbocycles. The predicted octanol–water partition coefficient (Wildman–Crippen LogP) is 3.67. The van der Waals surface area contributed by atoms with Crippen LogP contribution < -0.4 is 4.72 Å². The highest BCUT2D eigenvalue weighted by atomic mass is 32.2. The van der Waals surface area contributed by atoms with Crippen molar-refractivity contribution in [2.45, 2.75) is 37.6 Å². The molecule has 1 heterocycles. The fourth-order valence-electron chi connectivity index (χ4n) is 4.56. The lowest BCUT2D eigenvalue weighted by Crippen LogP contribution is -2.36. The third-order valence-electron chi connectivity index (χ3n) is 6.13. The average molecular weight is 449 g/mol. The number of amides is 1. The molecule has 0 bridgehead atoms. The molecule has 0 aromatic heterocycles. The Morgan fingerprint density at radius 3 is 2.55 bits per heavy atom. The smallest absolute Gasteiger partial charge is 0.226 e. The van der Waals surface area contributed by atoms with Gasteiger partial charge in [0.05, 0.1) is 6.26 Å². The standard InChI is InChI=1S/C23H26F2N2O3S/c1-31(29,30)26-15-6-5-12-27(13-11-15)23(28)20-14-19(20)17-8-3-2-7-16(17)18-9-4-10-21(24)22(18)25/h2-4,7-10,15,19-20,26H,5-6,11-14H2,1H3. The number of benzene rings is 2. The monoisotopic (exact) mass is 448 g/mol. The van der Waals surface area contributed by atoms with Gasteiger partial charge in [-0.15, -0.1) is 0 Å². The molecule has 5 nitrogen and oxygen atoms in total. The first-order valence-corrected chi connectivity index (χ1v) is 12.4. The first-order valence-electron chi connectivity index (χ1n) is 10.5. The molecule has 4 rings (SSSR count). The Morgan fingerprint density at radius 2 is 1.77 bits per heavy atom. The Hall–Kier alpha value is -2.32. The molecular formula is C23H26F2N2O3S. The second kappa shape index (κ2) is 8.67. The number of hydrogen-bond acceptors (Lipinski definition) is 3. The van der Waals surface area contributed by atoms with Gasteiger partial charge in [-0.05, 0) is 48.8 Å². The number of nitrogens with zero attached hydrogens (tertiary/aromatic N) is 1. The summed E-state index contributed by atoms with van der Waals surface area (Å²) < 4.78 is 53.8. The lowest BCUT2D eigenvalue weighted by molar-refractivity contribution is -0.132. The quantitative estimate of drug-likeness (QED) is 0.759. The van der Waals surface area contributed by atoms with Gasteiger partial charge in [-0.3, -0.25) is 4.79 Å². The summed E-state index contributed by atoms with van der Waals surface area (Å²) in [5, 5.41) is 0. The van der Waals surface area contributed by atoms with Crippen molar-refractivity contribution < 1.29 is 22.0 Å². The van der Waals surface area contributed by atoms with E-state index in [-0.39, 0.29) is 29.3 Å². The number of nitrogens with one attached hydrogen (secondary N) is 1. The van der Waals surface area contributed by atoms with Crippen LogP contribution in [0.25, 0.3) is 11.1 Å². The molecule has 2 aromatic carbocycles. The molecule has 8 heteroatoms. The van der Waals surface area contributed by atoms with Gasteiger partial charge < -0.3 is 4.90 Å². The number of halogens is 2. The summed E-state index contributed by atoms with van der Waals surface area (Å²) in [5.74, 6) is -1.93. The molecule has 1 aliphatic heterocycles. The molecule has 2 aromatic rings. The van der Waals surface area contributed by atoms with E-state index in [1.54, 1.807) is 18.2 Å². The lowest BCUT2D eigenvalue weighted by Gasteiger charge is -2.21. The average Bonchev–Trinajstić information content (AvgIpc) is 3.53. The minimum Gasteiger partial charge on any atom is -0.342 e. The van der Waals surface area contributed by atoms with E-state index in [1.807, 2.05) is 17.0 Å². The van der Waals surface area contributed by atoms with Gasteiger partial charge >= 0.3 is 0 Å². The normalized spacial score (nSPS) is 24.0. The zero-order chi connectivity index (χ0) is 22.2. The number of hydrogen-bond donors (Lipinski definition) is 1. The van der Waals surface area contributed by atoms with Crippen LogP contribution in [0.1, 0.15) is 37.2 Å². The molecule has 166 valence electrons.